The van der Waals surface area contributed by atoms with Gasteiger partial charge in [0.15, 0.2) is 0 Å². The molecule has 4 heteroatoms. The summed E-state index contributed by atoms with van der Waals surface area (Å²) >= 11 is 0. The second kappa shape index (κ2) is 7.58. The molecule has 1 amide bonds. The summed E-state index contributed by atoms with van der Waals surface area (Å²) in [4.78, 5) is 14.3. The number of benzene rings is 2. The lowest BCUT2D eigenvalue weighted by atomic mass is 10.2. The number of likely N-dealkylation sites (tertiary alicyclic amines) is 1. The van der Waals surface area contributed by atoms with E-state index < -0.39 is 13.5 Å². The normalized spacial score (nSPS) is 17.8. The molecule has 3 nitrogen and oxygen atoms in total. The van der Waals surface area contributed by atoms with E-state index in [4.69, 9.17) is 4.74 Å². The lowest BCUT2D eigenvalue weighted by molar-refractivity contribution is 0.0295. The van der Waals surface area contributed by atoms with Crippen molar-refractivity contribution < 1.29 is 9.53 Å². The van der Waals surface area contributed by atoms with Crippen molar-refractivity contribution in [1.82, 2.24) is 4.90 Å². The number of carbonyl (C=O) groups is 1. The van der Waals surface area contributed by atoms with Gasteiger partial charge in [-0.25, -0.2) is 4.79 Å². The maximum atomic E-state index is 12.4. The fourth-order valence-electron chi connectivity index (χ4n) is 3.19. The van der Waals surface area contributed by atoms with Crippen molar-refractivity contribution in [3.8, 4) is 0 Å². The molecule has 1 fully saturated rings. The third kappa shape index (κ3) is 4.61. The Bertz CT molecular complexity index is 657. The van der Waals surface area contributed by atoms with E-state index in [1.807, 2.05) is 25.7 Å². The highest BCUT2D eigenvalue weighted by Gasteiger charge is 2.35. The maximum Gasteiger partial charge on any atom is 0.410 e. The molecule has 1 saturated heterocycles. The van der Waals surface area contributed by atoms with Gasteiger partial charge in [-0.3, -0.25) is 0 Å². The van der Waals surface area contributed by atoms with E-state index >= 15 is 0 Å². The lowest BCUT2D eigenvalue weighted by Crippen LogP contribution is -2.36. The van der Waals surface area contributed by atoms with Crippen LogP contribution in [0.2, 0.25) is 0 Å². The number of nitrogens with zero attached hydrogens (tertiary/aromatic N) is 1. The first-order chi connectivity index (χ1) is 11.9. The summed E-state index contributed by atoms with van der Waals surface area (Å²) in [5.41, 5.74) is 0.0194. The molecule has 0 radical (unpaired) electrons. The lowest BCUT2D eigenvalue weighted by Gasteiger charge is -2.27. The molecule has 0 saturated carbocycles. The molecule has 0 spiro atoms. The van der Waals surface area contributed by atoms with Crippen LogP contribution in [-0.4, -0.2) is 35.3 Å². The van der Waals surface area contributed by atoms with Crippen LogP contribution in [0.25, 0.3) is 0 Å². The van der Waals surface area contributed by atoms with Crippen LogP contribution in [0.15, 0.2) is 60.7 Å². The van der Waals surface area contributed by atoms with Crippen molar-refractivity contribution in [3.63, 3.8) is 0 Å². The Hall–Kier alpha value is -1.86. The van der Waals surface area contributed by atoms with Crippen molar-refractivity contribution in [2.75, 3.05) is 13.1 Å². The van der Waals surface area contributed by atoms with Crippen LogP contribution in [0, 0.1) is 0 Å². The van der Waals surface area contributed by atoms with Gasteiger partial charge in [-0.05, 0) is 45.7 Å². The molecule has 0 unspecified atom stereocenters. The van der Waals surface area contributed by atoms with Gasteiger partial charge in [0.05, 0.1) is 0 Å². The Balaban J connectivity index is 1.80. The smallest absolute Gasteiger partial charge is 0.410 e. The van der Waals surface area contributed by atoms with Crippen LogP contribution in [0.3, 0.4) is 0 Å². The molecule has 2 aromatic rings. The van der Waals surface area contributed by atoms with Crippen LogP contribution >= 0.6 is 7.92 Å². The molecular formula is C21H26NO2P. The van der Waals surface area contributed by atoms with Crippen LogP contribution < -0.4 is 10.6 Å². The highest BCUT2D eigenvalue weighted by molar-refractivity contribution is 7.73. The third-order valence-corrected chi connectivity index (χ3v) is 7.11. The van der Waals surface area contributed by atoms with Crippen molar-refractivity contribution in [2.45, 2.75) is 38.5 Å². The Morgan fingerprint density at radius 2 is 1.52 bits per heavy atom. The number of hydrogen-bond acceptors (Lipinski definition) is 2. The molecule has 132 valence electrons. The summed E-state index contributed by atoms with van der Waals surface area (Å²) < 4.78 is 5.56. The standard InChI is InChI=1S/C21H26NO2P/c1-21(2,3)24-20(23)22-15-14-19(16-22)25(17-10-6-4-7-11-17)18-12-8-5-9-13-18/h4-13,19H,14-16H2,1-3H3/t19-/m0/s1. The van der Waals surface area contributed by atoms with Gasteiger partial charge in [0, 0.05) is 18.7 Å². The molecular weight excluding hydrogens is 329 g/mol. The zero-order chi connectivity index (χ0) is 17.9. The molecule has 0 aromatic heterocycles. The van der Waals surface area contributed by atoms with E-state index in [0.29, 0.717) is 5.66 Å². The molecule has 25 heavy (non-hydrogen) atoms. The van der Waals surface area contributed by atoms with E-state index in [0.717, 1.165) is 19.5 Å². The first-order valence-electron chi connectivity index (χ1n) is 8.81. The molecule has 3 rings (SSSR count). The van der Waals surface area contributed by atoms with Crippen molar-refractivity contribution in [3.05, 3.63) is 60.7 Å². The molecule has 0 N–H and O–H groups in total. The predicted molar refractivity (Wildman–Crippen MR) is 105 cm³/mol. The van der Waals surface area contributed by atoms with Gasteiger partial charge in [-0.1, -0.05) is 60.7 Å². The van der Waals surface area contributed by atoms with E-state index in [1.165, 1.54) is 10.6 Å². The molecule has 0 aliphatic carbocycles. The third-order valence-electron chi connectivity index (χ3n) is 4.25. The van der Waals surface area contributed by atoms with Crippen LogP contribution in [0.4, 0.5) is 4.79 Å². The van der Waals surface area contributed by atoms with Gasteiger partial charge in [0.25, 0.3) is 0 Å². The Morgan fingerprint density at radius 1 is 1.00 bits per heavy atom. The van der Waals surface area contributed by atoms with E-state index in [9.17, 15) is 4.79 Å². The summed E-state index contributed by atoms with van der Waals surface area (Å²) in [6, 6.07) is 21.4. The highest BCUT2D eigenvalue weighted by atomic mass is 31.1. The highest BCUT2D eigenvalue weighted by Crippen LogP contribution is 2.43. The average molecular weight is 355 g/mol. The van der Waals surface area contributed by atoms with Gasteiger partial charge in [-0.2, -0.15) is 0 Å². The maximum absolute atomic E-state index is 12.4. The first-order valence-corrected chi connectivity index (χ1v) is 10.2. The second-order valence-corrected chi connectivity index (χ2v) is 9.91. The molecule has 1 heterocycles. The Labute approximate surface area is 151 Å². The van der Waals surface area contributed by atoms with E-state index in [2.05, 4.69) is 60.7 Å². The van der Waals surface area contributed by atoms with Gasteiger partial charge in [0.1, 0.15) is 5.60 Å². The number of rotatable bonds is 3. The Morgan fingerprint density at radius 3 is 2.00 bits per heavy atom. The average Bonchev–Trinajstić information content (AvgIpc) is 3.05. The predicted octanol–water partition coefficient (Wildman–Crippen LogP) is 4.13. The first kappa shape index (κ1) is 17.9. The van der Waals surface area contributed by atoms with Crippen molar-refractivity contribution >= 4 is 24.6 Å². The zero-order valence-corrected chi connectivity index (χ0v) is 16.1. The minimum Gasteiger partial charge on any atom is -0.444 e. The fraction of sp³-hybridized carbons (Fsp3) is 0.381. The fourth-order valence-corrected chi connectivity index (χ4v) is 6.05. The number of amides is 1. The van der Waals surface area contributed by atoms with Gasteiger partial charge < -0.3 is 9.64 Å². The summed E-state index contributed by atoms with van der Waals surface area (Å²) in [5, 5.41) is 2.75. The van der Waals surface area contributed by atoms with Crippen molar-refractivity contribution in [2.24, 2.45) is 0 Å². The topological polar surface area (TPSA) is 29.5 Å². The van der Waals surface area contributed by atoms with Crippen LogP contribution in [-0.2, 0) is 4.74 Å². The van der Waals surface area contributed by atoms with Crippen LogP contribution in [0.5, 0.6) is 0 Å². The SMILES string of the molecule is CC(C)(C)OC(=O)N1CC[C@H](P(c2ccccc2)c2ccccc2)C1. The second-order valence-electron chi connectivity index (χ2n) is 7.41. The zero-order valence-electron chi connectivity index (χ0n) is 15.2. The largest absolute Gasteiger partial charge is 0.444 e. The monoisotopic (exact) mass is 355 g/mol. The number of carbonyl (C=O) groups excluding carboxylic acids is 1. The van der Waals surface area contributed by atoms with Gasteiger partial charge in [-0.15, -0.1) is 0 Å². The minimum absolute atomic E-state index is 0.189. The van der Waals surface area contributed by atoms with E-state index in [1.54, 1.807) is 0 Å². The number of ether oxygens (including phenoxy) is 1. The summed E-state index contributed by atoms with van der Waals surface area (Å²) in [6.45, 7) is 7.29. The quantitative estimate of drug-likeness (QED) is 0.775. The van der Waals surface area contributed by atoms with Gasteiger partial charge in [0.2, 0.25) is 0 Å². The summed E-state index contributed by atoms with van der Waals surface area (Å²) in [7, 11) is -0.486. The minimum atomic E-state index is -0.486. The summed E-state index contributed by atoms with van der Waals surface area (Å²) in [6.07, 6.45) is 0.834. The van der Waals surface area contributed by atoms with Gasteiger partial charge >= 0.3 is 6.09 Å². The molecule has 2 aromatic carbocycles. The van der Waals surface area contributed by atoms with Crippen LogP contribution in [0.1, 0.15) is 27.2 Å². The summed E-state index contributed by atoms with van der Waals surface area (Å²) in [5.74, 6) is 0. The van der Waals surface area contributed by atoms with Crippen molar-refractivity contribution in [1.29, 1.82) is 0 Å². The molecule has 1 atom stereocenters. The van der Waals surface area contributed by atoms with E-state index in [-0.39, 0.29) is 6.09 Å². The molecule has 1 aliphatic rings. The number of hydrogen-bond donors (Lipinski definition) is 0. The molecule has 0 bridgehead atoms. The Kier molecular flexibility index (Phi) is 5.44. The molecule has 1 aliphatic heterocycles.